The summed E-state index contributed by atoms with van der Waals surface area (Å²) in [4.78, 5) is 21.6. The number of carbonyl (C=O) groups excluding carboxylic acids is 1. The highest BCUT2D eigenvalue weighted by atomic mass is 16.6. The lowest BCUT2D eigenvalue weighted by Gasteiger charge is -2.06. The molecule has 0 aliphatic rings. The smallest absolute Gasteiger partial charge is 0.293 e. The van der Waals surface area contributed by atoms with Crippen LogP contribution in [0.3, 0.4) is 0 Å². The Morgan fingerprint density at radius 3 is 2.48 bits per heavy atom. The van der Waals surface area contributed by atoms with Crippen molar-refractivity contribution in [2.24, 2.45) is 0 Å². The third kappa shape index (κ3) is 6.38. The first-order valence-corrected chi connectivity index (χ1v) is 7.59. The maximum Gasteiger partial charge on any atom is 0.293 e. The van der Waals surface area contributed by atoms with Gasteiger partial charge < -0.3 is 5.32 Å². The first-order valence-electron chi connectivity index (χ1n) is 7.59. The molecule has 0 aromatic heterocycles. The van der Waals surface area contributed by atoms with E-state index < -0.39 is 4.92 Å². The van der Waals surface area contributed by atoms with Gasteiger partial charge in [-0.15, -0.1) is 0 Å². The number of anilines is 1. The molecule has 5 heteroatoms. The molecule has 0 heterocycles. The Kier molecular flexibility index (Phi) is 7.43. The molecule has 1 aromatic rings. The van der Waals surface area contributed by atoms with Gasteiger partial charge in [-0.25, -0.2) is 0 Å². The highest BCUT2D eigenvalue weighted by Crippen LogP contribution is 2.26. The van der Waals surface area contributed by atoms with Crippen molar-refractivity contribution in [2.75, 3.05) is 5.32 Å². The Labute approximate surface area is 125 Å². The van der Waals surface area contributed by atoms with Crippen LogP contribution in [0.2, 0.25) is 0 Å². The van der Waals surface area contributed by atoms with Crippen LogP contribution in [0.1, 0.15) is 57.9 Å². The molecule has 0 bridgehead atoms. The number of nitrogens with zero attached hydrogens (tertiary/aromatic N) is 1. The Balaban J connectivity index is 2.58. The number of benzene rings is 1. The average Bonchev–Trinajstić information content (AvgIpc) is 2.43. The van der Waals surface area contributed by atoms with Gasteiger partial charge in [0.1, 0.15) is 5.69 Å². The summed E-state index contributed by atoms with van der Waals surface area (Å²) in [6.07, 6.45) is 8.03. The number of nitro groups is 1. The summed E-state index contributed by atoms with van der Waals surface area (Å²) in [5, 5.41) is 13.5. The van der Waals surface area contributed by atoms with Crippen molar-refractivity contribution >= 4 is 17.3 Å². The number of nitro benzene ring substituents is 1. The molecule has 5 nitrogen and oxygen atoms in total. The van der Waals surface area contributed by atoms with E-state index in [-0.39, 0.29) is 17.3 Å². The van der Waals surface area contributed by atoms with E-state index in [0.29, 0.717) is 0 Å². The molecule has 0 spiro atoms. The number of aryl methyl sites for hydroxylation is 1. The zero-order valence-corrected chi connectivity index (χ0v) is 12.9. The van der Waals surface area contributed by atoms with Crippen LogP contribution in [0.25, 0.3) is 0 Å². The molecule has 1 rings (SSSR count). The minimum atomic E-state index is -0.448. The molecule has 0 unspecified atom stereocenters. The quantitative estimate of drug-likeness (QED) is 0.415. The number of unbranched alkanes of at least 4 members (excludes halogenated alkanes) is 5. The minimum Gasteiger partial charge on any atom is -0.321 e. The predicted octanol–water partition coefficient (Wildman–Crippen LogP) is 4.46. The summed E-state index contributed by atoms with van der Waals surface area (Å²) < 4.78 is 0. The number of hydrogen-bond donors (Lipinski definition) is 1. The summed E-state index contributed by atoms with van der Waals surface area (Å²) in [6, 6.07) is 5.04. The molecule has 0 saturated carbocycles. The lowest BCUT2D eigenvalue weighted by Crippen LogP contribution is -2.08. The topological polar surface area (TPSA) is 72.2 Å². The maximum atomic E-state index is 11.1. The Morgan fingerprint density at radius 1 is 1.19 bits per heavy atom. The monoisotopic (exact) mass is 292 g/mol. The van der Waals surface area contributed by atoms with Gasteiger partial charge in [-0.3, -0.25) is 14.9 Å². The van der Waals surface area contributed by atoms with Crippen molar-refractivity contribution in [3.05, 3.63) is 33.9 Å². The van der Waals surface area contributed by atoms with E-state index in [2.05, 4.69) is 12.2 Å². The van der Waals surface area contributed by atoms with Crippen molar-refractivity contribution < 1.29 is 9.72 Å². The number of hydrogen-bond acceptors (Lipinski definition) is 3. The Hall–Kier alpha value is -1.91. The highest BCUT2D eigenvalue weighted by Gasteiger charge is 2.15. The molecule has 0 aliphatic carbocycles. The fourth-order valence-corrected chi connectivity index (χ4v) is 2.29. The van der Waals surface area contributed by atoms with Gasteiger partial charge in [-0.05, 0) is 24.5 Å². The fourth-order valence-electron chi connectivity index (χ4n) is 2.29. The lowest BCUT2D eigenvalue weighted by atomic mass is 10.0. The van der Waals surface area contributed by atoms with E-state index in [1.807, 2.05) is 6.07 Å². The molecule has 1 amide bonds. The van der Waals surface area contributed by atoms with E-state index in [1.54, 1.807) is 12.1 Å². The molecule has 0 fully saturated rings. The normalized spacial score (nSPS) is 10.4. The zero-order valence-electron chi connectivity index (χ0n) is 12.9. The van der Waals surface area contributed by atoms with E-state index in [9.17, 15) is 14.9 Å². The van der Waals surface area contributed by atoms with Crippen LogP contribution >= 0.6 is 0 Å². The standard InChI is InChI=1S/C16H24N2O3/c1-3-4-5-6-7-8-9-14-10-11-15(17-13(2)19)16(12-14)18(20)21/h10-12H,3-9H2,1-2H3,(H,17,19). The van der Waals surface area contributed by atoms with E-state index in [4.69, 9.17) is 0 Å². The minimum absolute atomic E-state index is 0.0336. The molecule has 1 aromatic carbocycles. The van der Waals surface area contributed by atoms with E-state index >= 15 is 0 Å². The highest BCUT2D eigenvalue weighted by molar-refractivity contribution is 5.91. The van der Waals surface area contributed by atoms with Gasteiger partial charge in [0, 0.05) is 13.0 Å². The van der Waals surface area contributed by atoms with Crippen LogP contribution in [-0.4, -0.2) is 10.8 Å². The van der Waals surface area contributed by atoms with Crippen molar-refractivity contribution in [2.45, 2.75) is 58.8 Å². The number of carbonyl (C=O) groups is 1. The largest absolute Gasteiger partial charge is 0.321 e. The SMILES string of the molecule is CCCCCCCCc1ccc(NC(C)=O)c([N+](=O)[O-])c1. The number of rotatable bonds is 9. The van der Waals surface area contributed by atoms with Crippen molar-refractivity contribution in [3.8, 4) is 0 Å². The van der Waals surface area contributed by atoms with Gasteiger partial charge in [0.05, 0.1) is 4.92 Å². The molecule has 0 radical (unpaired) electrons. The third-order valence-corrected chi connectivity index (χ3v) is 3.39. The first-order chi connectivity index (χ1) is 10.0. The lowest BCUT2D eigenvalue weighted by molar-refractivity contribution is -0.384. The summed E-state index contributed by atoms with van der Waals surface area (Å²) in [5.41, 5.74) is 1.18. The molecule has 1 N–H and O–H groups in total. The fraction of sp³-hybridized carbons (Fsp3) is 0.562. The summed E-state index contributed by atoms with van der Waals surface area (Å²) >= 11 is 0. The maximum absolute atomic E-state index is 11.1. The van der Waals surface area contributed by atoms with Crippen molar-refractivity contribution in [1.29, 1.82) is 0 Å². The molecule has 0 atom stereocenters. The van der Waals surface area contributed by atoms with Crippen molar-refractivity contribution in [1.82, 2.24) is 0 Å². The molecule has 116 valence electrons. The Morgan fingerprint density at radius 2 is 1.86 bits per heavy atom. The Bertz CT molecular complexity index is 486. The van der Waals surface area contributed by atoms with Crippen LogP contribution in [0, 0.1) is 10.1 Å². The zero-order chi connectivity index (χ0) is 15.7. The third-order valence-electron chi connectivity index (χ3n) is 3.39. The van der Waals surface area contributed by atoms with Gasteiger partial charge >= 0.3 is 0 Å². The van der Waals surface area contributed by atoms with Gasteiger partial charge in [0.25, 0.3) is 5.69 Å². The summed E-state index contributed by atoms with van der Waals surface area (Å²) in [6.45, 7) is 3.53. The van der Waals surface area contributed by atoms with Crippen molar-refractivity contribution in [3.63, 3.8) is 0 Å². The van der Waals surface area contributed by atoms with Crippen LogP contribution in [-0.2, 0) is 11.2 Å². The summed E-state index contributed by atoms with van der Waals surface area (Å²) in [7, 11) is 0. The summed E-state index contributed by atoms with van der Waals surface area (Å²) in [5.74, 6) is -0.304. The second-order valence-electron chi connectivity index (χ2n) is 5.31. The van der Waals surface area contributed by atoms with E-state index in [0.717, 1.165) is 24.8 Å². The molecular formula is C16H24N2O3. The average molecular weight is 292 g/mol. The van der Waals surface area contributed by atoms with Crippen LogP contribution in [0.5, 0.6) is 0 Å². The number of amides is 1. The molecule has 21 heavy (non-hydrogen) atoms. The molecule has 0 aliphatic heterocycles. The second-order valence-corrected chi connectivity index (χ2v) is 5.31. The van der Waals surface area contributed by atoms with Crippen LogP contribution in [0.15, 0.2) is 18.2 Å². The van der Waals surface area contributed by atoms with Gasteiger partial charge in [-0.2, -0.15) is 0 Å². The van der Waals surface area contributed by atoms with Crippen LogP contribution in [0.4, 0.5) is 11.4 Å². The predicted molar refractivity (Wildman–Crippen MR) is 84.5 cm³/mol. The van der Waals surface area contributed by atoms with Gasteiger partial charge in [-0.1, -0.05) is 45.1 Å². The first kappa shape index (κ1) is 17.1. The molecule has 0 saturated heterocycles. The van der Waals surface area contributed by atoms with Gasteiger partial charge in [0.15, 0.2) is 0 Å². The van der Waals surface area contributed by atoms with Crippen LogP contribution < -0.4 is 5.32 Å². The number of nitrogens with one attached hydrogen (secondary N) is 1. The molecular weight excluding hydrogens is 268 g/mol. The second kappa shape index (κ2) is 9.10. The van der Waals surface area contributed by atoms with E-state index in [1.165, 1.54) is 32.6 Å². The van der Waals surface area contributed by atoms with Gasteiger partial charge in [0.2, 0.25) is 5.91 Å².